The molecule has 1 unspecified atom stereocenters. The van der Waals surface area contributed by atoms with Gasteiger partial charge in [-0.25, -0.2) is 12.8 Å². The molecular formula is C22H18F3NO4S. The largest absolute Gasteiger partial charge is 0.480 e. The number of anilines is 1. The molecule has 0 amide bonds. The Kier molecular flexibility index (Phi) is 5.30. The topological polar surface area (TPSA) is 64.6 Å². The Labute approximate surface area is 177 Å². The molecule has 31 heavy (non-hydrogen) atoms. The second kappa shape index (κ2) is 7.81. The third kappa shape index (κ3) is 4.32. The minimum Gasteiger partial charge on any atom is -0.480 e. The molecule has 1 heterocycles. The number of aryl methyl sites for hydroxylation is 1. The van der Waals surface area contributed by atoms with Crippen LogP contribution in [-0.2, 0) is 10.0 Å². The van der Waals surface area contributed by atoms with Crippen LogP contribution in [-0.4, -0.2) is 21.3 Å². The summed E-state index contributed by atoms with van der Waals surface area (Å²) in [5.74, 6) is -0.202. The third-order valence-electron chi connectivity index (χ3n) is 4.83. The van der Waals surface area contributed by atoms with Crippen LogP contribution in [0.2, 0.25) is 0 Å². The van der Waals surface area contributed by atoms with Crippen molar-refractivity contribution in [2.45, 2.75) is 19.6 Å². The fraction of sp³-hybridized carbons (Fsp3) is 0.182. The zero-order valence-corrected chi connectivity index (χ0v) is 17.3. The summed E-state index contributed by atoms with van der Waals surface area (Å²) in [5, 5.41) is 0. The highest BCUT2D eigenvalue weighted by atomic mass is 32.2. The van der Waals surface area contributed by atoms with Crippen molar-refractivity contribution in [2.24, 2.45) is 0 Å². The van der Waals surface area contributed by atoms with Crippen molar-refractivity contribution in [1.29, 1.82) is 0 Å². The van der Waals surface area contributed by atoms with Gasteiger partial charge in [-0.3, -0.25) is 4.72 Å². The zero-order valence-electron chi connectivity index (χ0n) is 16.5. The van der Waals surface area contributed by atoms with Gasteiger partial charge in [0.05, 0.1) is 11.8 Å². The molecule has 0 aromatic heterocycles. The van der Waals surface area contributed by atoms with E-state index in [2.05, 4.69) is 4.72 Å². The first-order valence-corrected chi connectivity index (χ1v) is 11.1. The van der Waals surface area contributed by atoms with Crippen molar-refractivity contribution in [1.82, 2.24) is 0 Å². The van der Waals surface area contributed by atoms with E-state index in [0.29, 0.717) is 33.6 Å². The maximum Gasteiger partial charge on any atom is 0.387 e. The molecule has 4 rings (SSSR count). The molecule has 1 aliphatic heterocycles. The summed E-state index contributed by atoms with van der Waals surface area (Å²) in [6.45, 7) is -1.41. The Bertz CT molecular complexity index is 1260. The van der Waals surface area contributed by atoms with Gasteiger partial charge >= 0.3 is 6.61 Å². The van der Waals surface area contributed by atoms with Gasteiger partial charge < -0.3 is 9.47 Å². The molecule has 1 aliphatic rings. The lowest BCUT2D eigenvalue weighted by Gasteiger charge is -2.31. The molecule has 0 radical (unpaired) electrons. The Morgan fingerprint density at radius 2 is 1.87 bits per heavy atom. The highest BCUT2D eigenvalue weighted by Gasteiger charge is 2.32. The maximum atomic E-state index is 13.9. The number of hydrogen-bond acceptors (Lipinski definition) is 4. The van der Waals surface area contributed by atoms with E-state index < -0.39 is 28.6 Å². The molecule has 0 bridgehead atoms. The van der Waals surface area contributed by atoms with Gasteiger partial charge in [0, 0.05) is 11.3 Å². The van der Waals surface area contributed by atoms with Crippen molar-refractivity contribution in [3.8, 4) is 22.6 Å². The summed E-state index contributed by atoms with van der Waals surface area (Å²) in [4.78, 5) is 0. The fourth-order valence-corrected chi connectivity index (χ4v) is 4.21. The highest BCUT2D eigenvalue weighted by molar-refractivity contribution is 7.92. The van der Waals surface area contributed by atoms with Crippen molar-refractivity contribution in [2.75, 3.05) is 11.0 Å². The monoisotopic (exact) mass is 449 g/mol. The molecule has 3 aromatic rings. The van der Waals surface area contributed by atoms with Gasteiger partial charge in [-0.1, -0.05) is 24.3 Å². The number of ether oxygens (including phenoxy) is 2. The molecule has 1 N–H and O–H groups in total. The Morgan fingerprint density at radius 3 is 2.55 bits per heavy atom. The zero-order chi connectivity index (χ0) is 22.3. The SMILES string of the molecule is Cc1ccc2c(c1OC(F)F)-c1ccc(NS(C)(=O)=O)cc1C(c1cccc(F)c1)O2. The molecule has 0 fully saturated rings. The minimum absolute atomic E-state index is 0.0322. The van der Waals surface area contributed by atoms with Gasteiger partial charge in [0.15, 0.2) is 0 Å². The van der Waals surface area contributed by atoms with Gasteiger partial charge in [0.2, 0.25) is 10.0 Å². The van der Waals surface area contributed by atoms with E-state index in [1.54, 1.807) is 37.3 Å². The van der Waals surface area contributed by atoms with Crippen molar-refractivity contribution in [3.05, 3.63) is 77.1 Å². The number of benzene rings is 3. The quantitative estimate of drug-likeness (QED) is 0.578. The van der Waals surface area contributed by atoms with E-state index >= 15 is 0 Å². The van der Waals surface area contributed by atoms with Crippen LogP contribution in [0.1, 0.15) is 22.8 Å². The van der Waals surface area contributed by atoms with Gasteiger partial charge in [-0.15, -0.1) is 0 Å². The molecule has 0 spiro atoms. The average Bonchev–Trinajstić information content (AvgIpc) is 2.67. The smallest absolute Gasteiger partial charge is 0.387 e. The number of hydrogen-bond donors (Lipinski definition) is 1. The number of halogens is 3. The fourth-order valence-electron chi connectivity index (χ4n) is 3.66. The Balaban J connectivity index is 1.95. The molecule has 3 aromatic carbocycles. The summed E-state index contributed by atoms with van der Waals surface area (Å²) in [7, 11) is -3.56. The van der Waals surface area contributed by atoms with Crippen LogP contribution in [0.5, 0.6) is 11.5 Å². The highest BCUT2D eigenvalue weighted by Crippen LogP contribution is 2.51. The molecule has 0 saturated carbocycles. The number of alkyl halides is 2. The Morgan fingerprint density at radius 1 is 1.10 bits per heavy atom. The van der Waals surface area contributed by atoms with E-state index in [1.807, 2.05) is 0 Å². The van der Waals surface area contributed by atoms with E-state index in [4.69, 9.17) is 9.47 Å². The number of nitrogens with one attached hydrogen (secondary N) is 1. The van der Waals surface area contributed by atoms with Crippen molar-refractivity contribution >= 4 is 15.7 Å². The summed E-state index contributed by atoms with van der Waals surface area (Å²) in [6, 6.07) is 13.7. The summed E-state index contributed by atoms with van der Waals surface area (Å²) in [5.41, 5.74) is 2.56. The molecule has 0 aliphatic carbocycles. The second-order valence-corrected chi connectivity index (χ2v) is 8.94. The maximum absolute atomic E-state index is 13.9. The molecule has 162 valence electrons. The van der Waals surface area contributed by atoms with Crippen molar-refractivity contribution in [3.63, 3.8) is 0 Å². The van der Waals surface area contributed by atoms with Gasteiger partial charge in [-0.2, -0.15) is 8.78 Å². The number of fused-ring (bicyclic) bond motifs is 3. The third-order valence-corrected chi connectivity index (χ3v) is 5.43. The van der Waals surface area contributed by atoms with E-state index in [0.717, 1.165) is 6.26 Å². The first-order chi connectivity index (χ1) is 14.6. The number of rotatable bonds is 5. The van der Waals surface area contributed by atoms with Gasteiger partial charge in [0.25, 0.3) is 0 Å². The van der Waals surface area contributed by atoms with Crippen LogP contribution in [0.25, 0.3) is 11.1 Å². The summed E-state index contributed by atoms with van der Waals surface area (Å²) < 4.78 is 76.8. The second-order valence-electron chi connectivity index (χ2n) is 7.19. The van der Waals surface area contributed by atoms with Crippen LogP contribution in [0.4, 0.5) is 18.9 Å². The predicted molar refractivity (Wildman–Crippen MR) is 111 cm³/mol. The predicted octanol–water partition coefficient (Wildman–Crippen LogP) is 5.26. The first-order valence-electron chi connectivity index (χ1n) is 9.25. The Hall–Kier alpha value is -3.20. The number of sulfonamides is 1. The van der Waals surface area contributed by atoms with Crippen LogP contribution >= 0.6 is 0 Å². The molecule has 9 heteroatoms. The summed E-state index contributed by atoms with van der Waals surface area (Å²) in [6.07, 6.45) is 0.224. The minimum atomic E-state index is -3.56. The molecule has 0 saturated heterocycles. The molecule has 5 nitrogen and oxygen atoms in total. The lowest BCUT2D eigenvalue weighted by Crippen LogP contribution is -2.18. The van der Waals surface area contributed by atoms with E-state index in [9.17, 15) is 21.6 Å². The average molecular weight is 449 g/mol. The van der Waals surface area contributed by atoms with Gasteiger partial charge in [0.1, 0.15) is 23.4 Å². The lowest BCUT2D eigenvalue weighted by molar-refractivity contribution is -0.0500. The van der Waals surface area contributed by atoms with Crippen LogP contribution in [0.15, 0.2) is 54.6 Å². The standard InChI is InChI=1S/C22H18F3NO4S/c1-12-6-9-18-19(20(12)30-22(24)25)16-8-7-15(26-31(2,27)28)11-17(16)21(29-18)13-4-3-5-14(23)10-13/h3-11,21-22,26H,1-2H3. The summed E-state index contributed by atoms with van der Waals surface area (Å²) >= 11 is 0. The van der Waals surface area contributed by atoms with Crippen LogP contribution in [0.3, 0.4) is 0 Å². The van der Waals surface area contributed by atoms with E-state index in [1.165, 1.54) is 24.3 Å². The van der Waals surface area contributed by atoms with Gasteiger partial charge in [-0.05, 0) is 53.9 Å². The van der Waals surface area contributed by atoms with Crippen molar-refractivity contribution < 1.29 is 31.1 Å². The lowest BCUT2D eigenvalue weighted by atomic mass is 9.88. The normalized spacial score (nSPS) is 15.1. The van der Waals surface area contributed by atoms with Crippen LogP contribution < -0.4 is 14.2 Å². The molecular weight excluding hydrogens is 431 g/mol. The first kappa shape index (κ1) is 21.0. The van der Waals surface area contributed by atoms with E-state index in [-0.39, 0.29) is 11.4 Å². The van der Waals surface area contributed by atoms with Crippen LogP contribution in [0, 0.1) is 12.7 Å². The molecule has 1 atom stereocenters.